The van der Waals surface area contributed by atoms with Gasteiger partial charge in [0, 0.05) is 11.1 Å². The van der Waals surface area contributed by atoms with Crippen molar-refractivity contribution in [3.05, 3.63) is 59.9 Å². The van der Waals surface area contributed by atoms with Gasteiger partial charge in [0.25, 0.3) is 5.91 Å². The fraction of sp³-hybridized carbons (Fsp3) is 0.190. The number of fused-ring (bicyclic) bond motifs is 1. The molecule has 1 aromatic heterocycles. The van der Waals surface area contributed by atoms with Gasteiger partial charge >= 0.3 is 0 Å². The van der Waals surface area contributed by atoms with E-state index in [4.69, 9.17) is 4.74 Å². The number of benzene rings is 2. The molecule has 8 heteroatoms. The van der Waals surface area contributed by atoms with Gasteiger partial charge in [-0.05, 0) is 43.3 Å². The largest absolute Gasteiger partial charge is 0.495 e. The summed E-state index contributed by atoms with van der Waals surface area (Å²) in [5, 5.41) is 10.1. The highest BCUT2D eigenvalue weighted by Gasteiger charge is 2.36. The number of hydrogen-bond donors (Lipinski definition) is 2. The zero-order valence-electron chi connectivity index (χ0n) is 15.9. The van der Waals surface area contributed by atoms with Crippen molar-refractivity contribution in [3.63, 3.8) is 0 Å². The molecule has 2 N–H and O–H groups in total. The molecule has 3 aromatic rings. The number of ether oxygens (including phenoxy) is 1. The molecule has 0 saturated heterocycles. The molecule has 2 heterocycles. The molecule has 0 bridgehead atoms. The van der Waals surface area contributed by atoms with Crippen LogP contribution in [0, 0.1) is 12.7 Å². The van der Waals surface area contributed by atoms with Gasteiger partial charge in [0.2, 0.25) is 5.91 Å². The van der Waals surface area contributed by atoms with Crippen molar-refractivity contribution in [2.24, 2.45) is 0 Å². The molecule has 0 aliphatic carbocycles. The van der Waals surface area contributed by atoms with Crippen molar-refractivity contribution in [2.45, 2.75) is 19.4 Å². The molecule has 7 nitrogen and oxygen atoms in total. The van der Waals surface area contributed by atoms with E-state index in [1.54, 1.807) is 36.4 Å². The van der Waals surface area contributed by atoms with Gasteiger partial charge in [-0.3, -0.25) is 9.59 Å². The lowest BCUT2D eigenvalue weighted by molar-refractivity contribution is -0.123. The minimum absolute atomic E-state index is 0.0825. The summed E-state index contributed by atoms with van der Waals surface area (Å²) < 4.78 is 20.0. The Morgan fingerprint density at radius 3 is 2.69 bits per heavy atom. The zero-order chi connectivity index (χ0) is 20.5. The Kier molecular flexibility index (Phi) is 4.75. The topological polar surface area (TPSA) is 85.2 Å². The fourth-order valence-corrected chi connectivity index (χ4v) is 3.39. The van der Waals surface area contributed by atoms with E-state index in [0.29, 0.717) is 22.9 Å². The lowest BCUT2D eigenvalue weighted by Crippen LogP contribution is -2.24. The zero-order valence-corrected chi connectivity index (χ0v) is 15.9. The minimum Gasteiger partial charge on any atom is -0.495 e. The molecule has 148 valence electrons. The van der Waals surface area contributed by atoms with Crippen molar-refractivity contribution >= 4 is 23.3 Å². The van der Waals surface area contributed by atoms with Crippen molar-refractivity contribution in [1.82, 2.24) is 9.78 Å². The Hall–Kier alpha value is -3.68. The van der Waals surface area contributed by atoms with Gasteiger partial charge < -0.3 is 15.4 Å². The van der Waals surface area contributed by atoms with Crippen LogP contribution in [0.5, 0.6) is 5.75 Å². The molecule has 0 unspecified atom stereocenters. The average molecular weight is 394 g/mol. The number of carbonyl (C=O) groups is 2. The normalized spacial score (nSPS) is 15.0. The first kappa shape index (κ1) is 18.7. The standard InChI is InChI=1S/C21H19FN4O3/c1-12-19(13-7-9-14(22)10-8-13)25-26-16(21(28)24-20(12)26)11-18(27)23-15-5-3-4-6-17(15)29-2/h3-10,16H,11H2,1-2H3,(H,23,27)(H,24,28)/t16-/m0/s1. The SMILES string of the molecule is COc1ccccc1NC(=O)C[C@H]1C(=O)Nc2c(C)c(-c3ccc(F)cc3)nn21. The van der Waals surface area contributed by atoms with Crippen LogP contribution >= 0.6 is 0 Å². The first-order valence-corrected chi connectivity index (χ1v) is 9.06. The van der Waals surface area contributed by atoms with Gasteiger partial charge in [0.15, 0.2) is 0 Å². The van der Waals surface area contributed by atoms with Gasteiger partial charge in [-0.2, -0.15) is 5.10 Å². The van der Waals surface area contributed by atoms with Crippen molar-refractivity contribution in [3.8, 4) is 17.0 Å². The highest BCUT2D eigenvalue weighted by Crippen LogP contribution is 2.36. The summed E-state index contributed by atoms with van der Waals surface area (Å²) in [6.45, 7) is 1.83. The van der Waals surface area contributed by atoms with E-state index in [2.05, 4.69) is 15.7 Å². The molecule has 0 saturated carbocycles. The van der Waals surface area contributed by atoms with Gasteiger partial charge in [0.1, 0.15) is 23.4 Å². The summed E-state index contributed by atoms with van der Waals surface area (Å²) in [4.78, 5) is 25.0. The van der Waals surface area contributed by atoms with Gasteiger partial charge in [-0.1, -0.05) is 12.1 Å². The van der Waals surface area contributed by atoms with Crippen LogP contribution in [0.25, 0.3) is 11.3 Å². The molecule has 0 fully saturated rings. The average Bonchev–Trinajstić information content (AvgIpc) is 3.19. The summed E-state index contributed by atoms with van der Waals surface area (Å²) >= 11 is 0. The molecule has 1 atom stereocenters. The van der Waals surface area contributed by atoms with Gasteiger partial charge in [0.05, 0.1) is 24.9 Å². The minimum atomic E-state index is -0.771. The molecule has 2 aromatic carbocycles. The van der Waals surface area contributed by atoms with E-state index in [0.717, 1.165) is 11.1 Å². The van der Waals surface area contributed by atoms with Crippen molar-refractivity contribution in [2.75, 3.05) is 17.7 Å². The van der Waals surface area contributed by atoms with Crippen LogP contribution in [-0.4, -0.2) is 28.7 Å². The first-order chi connectivity index (χ1) is 14.0. The summed E-state index contributed by atoms with van der Waals surface area (Å²) in [6, 6.07) is 12.2. The number of methoxy groups -OCH3 is 1. The van der Waals surface area contributed by atoms with Gasteiger partial charge in [-0.25, -0.2) is 9.07 Å². The molecule has 2 amide bonds. The molecule has 1 aliphatic heterocycles. The maximum absolute atomic E-state index is 13.2. The summed E-state index contributed by atoms with van der Waals surface area (Å²) in [5.74, 6) is 0.114. The summed E-state index contributed by atoms with van der Waals surface area (Å²) in [7, 11) is 1.52. The number of anilines is 2. The molecule has 29 heavy (non-hydrogen) atoms. The maximum Gasteiger partial charge on any atom is 0.251 e. The molecular formula is C21H19FN4O3. The predicted molar refractivity (Wildman–Crippen MR) is 106 cm³/mol. The van der Waals surface area contributed by atoms with Crippen molar-refractivity contribution in [1.29, 1.82) is 0 Å². The van der Waals surface area contributed by atoms with E-state index in [9.17, 15) is 14.0 Å². The van der Waals surface area contributed by atoms with Crippen LogP contribution in [0.2, 0.25) is 0 Å². The molecular weight excluding hydrogens is 375 g/mol. The van der Waals surface area contributed by atoms with Crippen LogP contribution in [0.1, 0.15) is 18.0 Å². The summed E-state index contributed by atoms with van der Waals surface area (Å²) in [6.07, 6.45) is -0.0825. The monoisotopic (exact) mass is 394 g/mol. The van der Waals surface area contributed by atoms with Crippen LogP contribution in [0.15, 0.2) is 48.5 Å². The third kappa shape index (κ3) is 3.44. The Bertz CT molecular complexity index is 1090. The quantitative estimate of drug-likeness (QED) is 0.693. The number of nitrogens with one attached hydrogen (secondary N) is 2. The van der Waals surface area contributed by atoms with Crippen LogP contribution in [0.4, 0.5) is 15.9 Å². The fourth-order valence-electron chi connectivity index (χ4n) is 3.39. The Balaban J connectivity index is 1.57. The lowest BCUT2D eigenvalue weighted by atomic mass is 10.1. The predicted octanol–water partition coefficient (Wildman–Crippen LogP) is 3.53. The molecule has 4 rings (SSSR count). The number of rotatable bonds is 5. The number of carbonyl (C=O) groups excluding carboxylic acids is 2. The number of aromatic nitrogens is 2. The van der Waals surface area contributed by atoms with Crippen molar-refractivity contribution < 1.29 is 18.7 Å². The lowest BCUT2D eigenvalue weighted by Gasteiger charge is -2.12. The number of halogens is 1. The Labute approximate surface area is 166 Å². The number of para-hydroxylation sites is 2. The van der Waals surface area contributed by atoms with Crippen LogP contribution in [0.3, 0.4) is 0 Å². The summed E-state index contributed by atoms with van der Waals surface area (Å²) in [5.41, 5.74) is 2.66. The second-order valence-electron chi connectivity index (χ2n) is 6.73. The van der Waals surface area contributed by atoms with E-state index >= 15 is 0 Å². The third-order valence-corrected chi connectivity index (χ3v) is 4.86. The van der Waals surface area contributed by atoms with E-state index < -0.39 is 6.04 Å². The number of nitrogens with zero attached hydrogens (tertiary/aromatic N) is 2. The molecule has 0 spiro atoms. The molecule has 0 radical (unpaired) electrons. The van der Waals surface area contributed by atoms with Crippen LogP contribution < -0.4 is 15.4 Å². The number of amides is 2. The highest BCUT2D eigenvalue weighted by molar-refractivity contribution is 6.03. The Morgan fingerprint density at radius 1 is 1.24 bits per heavy atom. The van der Waals surface area contributed by atoms with E-state index in [1.807, 2.05) is 6.92 Å². The van der Waals surface area contributed by atoms with Gasteiger partial charge in [-0.15, -0.1) is 0 Å². The van der Waals surface area contributed by atoms with Crippen LogP contribution in [-0.2, 0) is 9.59 Å². The first-order valence-electron chi connectivity index (χ1n) is 9.06. The second kappa shape index (κ2) is 7.38. The maximum atomic E-state index is 13.2. The van der Waals surface area contributed by atoms with E-state index in [1.165, 1.54) is 23.9 Å². The number of hydrogen-bond acceptors (Lipinski definition) is 4. The molecule has 1 aliphatic rings. The third-order valence-electron chi connectivity index (χ3n) is 4.86. The smallest absolute Gasteiger partial charge is 0.251 e. The highest BCUT2D eigenvalue weighted by atomic mass is 19.1. The Morgan fingerprint density at radius 2 is 1.97 bits per heavy atom. The second-order valence-corrected chi connectivity index (χ2v) is 6.73. The van der Waals surface area contributed by atoms with E-state index in [-0.39, 0.29) is 24.1 Å².